The number of thiophene rings is 1. The van der Waals surface area contributed by atoms with Gasteiger partial charge in [-0.15, -0.1) is 11.3 Å². The lowest BCUT2D eigenvalue weighted by molar-refractivity contribution is -0.153. The van der Waals surface area contributed by atoms with Gasteiger partial charge in [-0.25, -0.2) is 0 Å². The predicted molar refractivity (Wildman–Crippen MR) is 70.6 cm³/mol. The number of carbonyl (C=O) groups excluding carboxylic acids is 2. The Hall–Kier alpha value is -0.680. The van der Waals surface area contributed by atoms with Crippen molar-refractivity contribution >= 4 is 39.1 Å². The maximum absolute atomic E-state index is 11.9. The normalized spacial score (nSPS) is 19.8. The first-order valence-electron chi connectivity index (χ1n) is 5.45. The summed E-state index contributed by atoms with van der Waals surface area (Å²) in [5.74, 6) is -0.119. The molecule has 92 valence electrons. The van der Waals surface area contributed by atoms with Crippen molar-refractivity contribution in [3.63, 3.8) is 0 Å². The average molecular weight is 316 g/mol. The van der Waals surface area contributed by atoms with Crippen LogP contribution >= 0.6 is 27.3 Å². The van der Waals surface area contributed by atoms with Gasteiger partial charge in [0.2, 0.25) is 11.8 Å². The molecule has 0 aliphatic carbocycles. The Morgan fingerprint density at radius 3 is 2.35 bits per heavy atom. The molecule has 0 unspecified atom stereocenters. The summed E-state index contributed by atoms with van der Waals surface area (Å²) in [4.78, 5) is 26.3. The lowest BCUT2D eigenvalue weighted by atomic mass is 9.82. The largest absolute Gasteiger partial charge is 0.277 e. The molecule has 0 atom stereocenters. The van der Waals surface area contributed by atoms with Crippen molar-refractivity contribution in [2.75, 3.05) is 0 Å². The van der Waals surface area contributed by atoms with Crippen molar-refractivity contribution < 1.29 is 9.59 Å². The minimum absolute atomic E-state index is 0.0595. The lowest BCUT2D eigenvalue weighted by Crippen LogP contribution is -2.45. The molecule has 0 bridgehead atoms. The Balaban J connectivity index is 2.11. The number of amides is 2. The number of imide groups is 1. The van der Waals surface area contributed by atoms with Gasteiger partial charge >= 0.3 is 0 Å². The Bertz CT molecular complexity index is 447. The van der Waals surface area contributed by atoms with Crippen molar-refractivity contribution in [2.24, 2.45) is 5.41 Å². The molecule has 2 rings (SSSR count). The number of hydrogen-bond acceptors (Lipinski definition) is 3. The summed E-state index contributed by atoms with van der Waals surface area (Å²) in [6, 6.07) is 3.87. The van der Waals surface area contributed by atoms with E-state index in [4.69, 9.17) is 0 Å². The number of likely N-dealkylation sites (tertiary alicyclic amines) is 1. The first kappa shape index (κ1) is 12.8. The van der Waals surface area contributed by atoms with E-state index in [1.807, 2.05) is 26.0 Å². The van der Waals surface area contributed by atoms with Gasteiger partial charge in [-0.05, 0) is 33.5 Å². The van der Waals surface area contributed by atoms with Crippen LogP contribution in [0.2, 0.25) is 0 Å². The van der Waals surface area contributed by atoms with Crippen molar-refractivity contribution in [1.29, 1.82) is 0 Å². The fourth-order valence-electron chi connectivity index (χ4n) is 1.98. The van der Waals surface area contributed by atoms with Crippen molar-refractivity contribution in [1.82, 2.24) is 4.90 Å². The summed E-state index contributed by atoms with van der Waals surface area (Å²) in [7, 11) is 0. The molecule has 17 heavy (non-hydrogen) atoms. The second kappa shape index (κ2) is 4.53. The highest BCUT2D eigenvalue weighted by molar-refractivity contribution is 9.11. The predicted octanol–water partition coefficient (Wildman–Crippen LogP) is 3.19. The second-order valence-electron chi connectivity index (χ2n) is 5.10. The SMILES string of the molecule is CC1(C)CC(=O)N(Cc2ccc(Br)s2)C(=O)C1. The van der Waals surface area contributed by atoms with Crippen LogP contribution in [0.4, 0.5) is 0 Å². The summed E-state index contributed by atoms with van der Waals surface area (Å²) in [5.41, 5.74) is -0.194. The first-order chi connectivity index (χ1) is 7.87. The molecule has 2 heterocycles. The highest BCUT2D eigenvalue weighted by atomic mass is 79.9. The summed E-state index contributed by atoms with van der Waals surface area (Å²) in [6.45, 7) is 4.33. The van der Waals surface area contributed by atoms with Crippen LogP contribution in [-0.4, -0.2) is 16.7 Å². The third kappa shape index (κ3) is 2.96. The lowest BCUT2D eigenvalue weighted by Gasteiger charge is -2.34. The van der Waals surface area contributed by atoms with E-state index in [0.29, 0.717) is 19.4 Å². The van der Waals surface area contributed by atoms with E-state index in [-0.39, 0.29) is 17.2 Å². The molecule has 3 nitrogen and oxygen atoms in total. The van der Waals surface area contributed by atoms with Crippen LogP contribution in [0.3, 0.4) is 0 Å². The van der Waals surface area contributed by atoms with Gasteiger partial charge in [-0.3, -0.25) is 14.5 Å². The van der Waals surface area contributed by atoms with Crippen LogP contribution in [0.25, 0.3) is 0 Å². The smallest absolute Gasteiger partial charge is 0.230 e. The van der Waals surface area contributed by atoms with Crippen LogP contribution in [0.1, 0.15) is 31.6 Å². The third-order valence-corrected chi connectivity index (χ3v) is 4.41. The molecule has 2 amide bonds. The summed E-state index contributed by atoms with van der Waals surface area (Å²) in [6.07, 6.45) is 0.899. The Kier molecular flexibility index (Phi) is 3.41. The number of hydrogen-bond donors (Lipinski definition) is 0. The zero-order valence-electron chi connectivity index (χ0n) is 9.83. The molecular formula is C12H14BrNO2S. The molecule has 1 aromatic rings. The van der Waals surface area contributed by atoms with Crippen LogP contribution < -0.4 is 0 Å². The maximum Gasteiger partial charge on any atom is 0.230 e. The van der Waals surface area contributed by atoms with Gasteiger partial charge in [0.25, 0.3) is 0 Å². The molecule has 1 saturated heterocycles. The van der Waals surface area contributed by atoms with Crippen LogP contribution in [-0.2, 0) is 16.1 Å². The van der Waals surface area contributed by atoms with Crippen molar-refractivity contribution in [3.05, 3.63) is 20.8 Å². The zero-order valence-corrected chi connectivity index (χ0v) is 12.2. The minimum Gasteiger partial charge on any atom is -0.277 e. The summed E-state index contributed by atoms with van der Waals surface area (Å²) < 4.78 is 1.02. The molecular weight excluding hydrogens is 302 g/mol. The number of rotatable bonds is 2. The van der Waals surface area contributed by atoms with E-state index in [0.717, 1.165) is 8.66 Å². The topological polar surface area (TPSA) is 37.4 Å². The van der Waals surface area contributed by atoms with E-state index in [1.54, 1.807) is 11.3 Å². The van der Waals surface area contributed by atoms with E-state index >= 15 is 0 Å². The third-order valence-electron chi connectivity index (χ3n) is 2.80. The standard InChI is InChI=1S/C12H14BrNO2S/c1-12(2)5-10(15)14(11(16)6-12)7-8-3-4-9(13)17-8/h3-4H,5-7H2,1-2H3. The Morgan fingerprint density at radius 2 is 1.88 bits per heavy atom. The van der Waals surface area contributed by atoms with Crippen molar-refractivity contribution in [3.8, 4) is 0 Å². The van der Waals surface area contributed by atoms with Gasteiger partial charge in [-0.2, -0.15) is 0 Å². The molecule has 0 spiro atoms. The number of nitrogens with zero attached hydrogens (tertiary/aromatic N) is 1. The molecule has 1 fully saturated rings. The fourth-order valence-corrected chi connectivity index (χ4v) is 3.45. The molecule has 1 aliphatic rings. The highest BCUT2D eigenvalue weighted by Crippen LogP contribution is 2.33. The highest BCUT2D eigenvalue weighted by Gasteiger charge is 2.37. The maximum atomic E-state index is 11.9. The number of piperidine rings is 1. The summed E-state index contributed by atoms with van der Waals surface area (Å²) in [5, 5.41) is 0. The van der Waals surface area contributed by atoms with Gasteiger partial charge in [0.1, 0.15) is 0 Å². The molecule has 0 saturated carbocycles. The van der Waals surface area contributed by atoms with Gasteiger partial charge in [0.15, 0.2) is 0 Å². The minimum atomic E-state index is -0.194. The van der Waals surface area contributed by atoms with E-state index < -0.39 is 0 Å². The van der Waals surface area contributed by atoms with E-state index in [1.165, 1.54) is 4.90 Å². The Labute approximate surface area is 113 Å². The summed E-state index contributed by atoms with van der Waals surface area (Å²) >= 11 is 4.93. The fraction of sp³-hybridized carbons (Fsp3) is 0.500. The molecule has 5 heteroatoms. The quantitative estimate of drug-likeness (QED) is 0.786. The monoisotopic (exact) mass is 315 g/mol. The zero-order chi connectivity index (χ0) is 12.6. The second-order valence-corrected chi connectivity index (χ2v) is 7.64. The molecule has 0 radical (unpaired) electrons. The van der Waals surface area contributed by atoms with Crippen LogP contribution in [0, 0.1) is 5.41 Å². The molecule has 1 aliphatic heterocycles. The van der Waals surface area contributed by atoms with Crippen molar-refractivity contribution in [2.45, 2.75) is 33.2 Å². The average Bonchev–Trinajstić information content (AvgIpc) is 2.56. The van der Waals surface area contributed by atoms with Crippen LogP contribution in [0.15, 0.2) is 15.9 Å². The number of halogens is 1. The molecule has 0 aromatic carbocycles. The van der Waals surface area contributed by atoms with E-state index in [9.17, 15) is 9.59 Å². The Morgan fingerprint density at radius 1 is 1.29 bits per heavy atom. The molecule has 0 N–H and O–H groups in total. The van der Waals surface area contributed by atoms with Gasteiger partial charge in [0.05, 0.1) is 10.3 Å². The van der Waals surface area contributed by atoms with Crippen LogP contribution in [0.5, 0.6) is 0 Å². The number of carbonyl (C=O) groups is 2. The van der Waals surface area contributed by atoms with Gasteiger partial charge < -0.3 is 0 Å². The van der Waals surface area contributed by atoms with E-state index in [2.05, 4.69) is 15.9 Å². The van der Waals surface area contributed by atoms with Gasteiger partial charge in [-0.1, -0.05) is 13.8 Å². The first-order valence-corrected chi connectivity index (χ1v) is 7.06. The van der Waals surface area contributed by atoms with Gasteiger partial charge in [0, 0.05) is 17.7 Å². The molecule has 1 aromatic heterocycles.